The van der Waals surface area contributed by atoms with Crippen LogP contribution in [-0.2, 0) is 0 Å². The van der Waals surface area contributed by atoms with Gasteiger partial charge >= 0.3 is 0 Å². The van der Waals surface area contributed by atoms with E-state index in [1.54, 1.807) is 24.3 Å². The Morgan fingerprint density at radius 1 is 1.06 bits per heavy atom. The van der Waals surface area contributed by atoms with Crippen LogP contribution < -0.4 is 5.32 Å². The zero-order valence-corrected chi connectivity index (χ0v) is 10.0. The van der Waals surface area contributed by atoms with Gasteiger partial charge in [-0.25, -0.2) is 8.78 Å². The van der Waals surface area contributed by atoms with Crippen molar-refractivity contribution in [2.24, 2.45) is 0 Å². The van der Waals surface area contributed by atoms with E-state index in [0.29, 0.717) is 10.5 Å². The van der Waals surface area contributed by atoms with Crippen LogP contribution in [0.5, 0.6) is 0 Å². The van der Waals surface area contributed by atoms with Crippen LogP contribution >= 0.6 is 12.6 Å². The quantitative estimate of drug-likeness (QED) is 0.799. The van der Waals surface area contributed by atoms with Gasteiger partial charge in [-0.05, 0) is 36.4 Å². The molecule has 0 heterocycles. The first-order valence-corrected chi connectivity index (χ1v) is 5.57. The van der Waals surface area contributed by atoms with Crippen LogP contribution in [0.25, 0.3) is 0 Å². The summed E-state index contributed by atoms with van der Waals surface area (Å²) in [5.41, 5.74) is 0.159. The second-order valence-corrected chi connectivity index (χ2v) is 4.12. The molecule has 0 saturated heterocycles. The number of carbonyl (C=O) groups excluding carboxylic acids is 1. The summed E-state index contributed by atoms with van der Waals surface area (Å²) >= 11 is 4.09. The van der Waals surface area contributed by atoms with E-state index in [9.17, 15) is 13.6 Å². The van der Waals surface area contributed by atoms with Crippen molar-refractivity contribution in [3.63, 3.8) is 0 Å². The molecule has 0 aliphatic carbocycles. The number of nitrogens with one attached hydrogen (secondary N) is 1. The van der Waals surface area contributed by atoms with Crippen molar-refractivity contribution >= 4 is 24.2 Å². The van der Waals surface area contributed by atoms with Gasteiger partial charge in [-0.3, -0.25) is 4.79 Å². The summed E-state index contributed by atoms with van der Waals surface area (Å²) in [5.74, 6) is -2.58. The number of rotatable bonds is 2. The lowest BCUT2D eigenvalue weighted by atomic mass is 10.2. The molecular weight excluding hydrogens is 256 g/mol. The van der Waals surface area contributed by atoms with Crippen LogP contribution in [0.4, 0.5) is 14.5 Å². The largest absolute Gasteiger partial charge is 0.319 e. The van der Waals surface area contributed by atoms with Crippen molar-refractivity contribution in [1.82, 2.24) is 0 Å². The summed E-state index contributed by atoms with van der Waals surface area (Å²) in [5, 5.41) is 2.31. The molecule has 92 valence electrons. The van der Waals surface area contributed by atoms with E-state index in [0.717, 1.165) is 6.07 Å². The van der Waals surface area contributed by atoms with Crippen LogP contribution in [0.3, 0.4) is 0 Å². The third-order valence-electron chi connectivity index (χ3n) is 2.33. The van der Waals surface area contributed by atoms with E-state index in [2.05, 4.69) is 17.9 Å². The van der Waals surface area contributed by atoms with Crippen molar-refractivity contribution in [3.05, 3.63) is 59.7 Å². The van der Waals surface area contributed by atoms with Crippen molar-refractivity contribution in [2.75, 3.05) is 5.32 Å². The number of benzene rings is 2. The van der Waals surface area contributed by atoms with Crippen molar-refractivity contribution < 1.29 is 13.6 Å². The van der Waals surface area contributed by atoms with Gasteiger partial charge in [0.1, 0.15) is 0 Å². The molecule has 2 rings (SSSR count). The van der Waals surface area contributed by atoms with Gasteiger partial charge in [0.15, 0.2) is 11.6 Å². The fourth-order valence-corrected chi connectivity index (χ4v) is 1.56. The molecule has 0 saturated carbocycles. The van der Waals surface area contributed by atoms with Crippen LogP contribution in [0, 0.1) is 11.6 Å². The van der Waals surface area contributed by atoms with Gasteiger partial charge in [-0.15, -0.1) is 12.6 Å². The highest BCUT2D eigenvalue weighted by Crippen LogP contribution is 2.17. The predicted octanol–water partition coefficient (Wildman–Crippen LogP) is 3.51. The Labute approximate surface area is 108 Å². The molecule has 0 radical (unpaired) electrons. The molecule has 0 aliphatic rings. The van der Waals surface area contributed by atoms with E-state index < -0.39 is 17.5 Å². The fraction of sp³-hybridized carbons (Fsp3) is 0. The fourth-order valence-electron chi connectivity index (χ4n) is 1.41. The zero-order valence-electron chi connectivity index (χ0n) is 9.15. The van der Waals surface area contributed by atoms with Gasteiger partial charge in [0.05, 0.1) is 5.69 Å². The normalized spacial score (nSPS) is 10.2. The highest BCUT2D eigenvalue weighted by molar-refractivity contribution is 7.80. The van der Waals surface area contributed by atoms with Gasteiger partial charge in [-0.1, -0.05) is 6.07 Å². The number of halogens is 2. The third kappa shape index (κ3) is 2.68. The second-order valence-electron chi connectivity index (χ2n) is 3.60. The van der Waals surface area contributed by atoms with E-state index in [1.165, 1.54) is 12.1 Å². The summed E-state index contributed by atoms with van der Waals surface area (Å²) in [7, 11) is 0. The lowest BCUT2D eigenvalue weighted by Crippen LogP contribution is -2.13. The highest BCUT2D eigenvalue weighted by atomic mass is 32.1. The Morgan fingerprint density at radius 2 is 1.72 bits per heavy atom. The SMILES string of the molecule is O=C(Nc1cccc(F)c1F)c1ccc(S)cc1. The lowest BCUT2D eigenvalue weighted by molar-refractivity contribution is 0.102. The molecule has 5 heteroatoms. The van der Waals surface area contributed by atoms with Gasteiger partial charge in [0, 0.05) is 10.5 Å². The van der Waals surface area contributed by atoms with Crippen LogP contribution in [0.2, 0.25) is 0 Å². The second kappa shape index (κ2) is 5.18. The molecule has 1 amide bonds. The molecule has 2 nitrogen and oxygen atoms in total. The minimum absolute atomic E-state index is 0.185. The predicted molar refractivity (Wildman–Crippen MR) is 68.0 cm³/mol. The Balaban J connectivity index is 2.21. The topological polar surface area (TPSA) is 29.1 Å². The third-order valence-corrected chi connectivity index (χ3v) is 2.63. The number of thiol groups is 1. The van der Waals surface area contributed by atoms with Crippen LogP contribution in [0.15, 0.2) is 47.4 Å². The van der Waals surface area contributed by atoms with Crippen molar-refractivity contribution in [1.29, 1.82) is 0 Å². The van der Waals surface area contributed by atoms with Crippen molar-refractivity contribution in [2.45, 2.75) is 4.90 Å². The number of carbonyl (C=O) groups is 1. The summed E-state index contributed by atoms with van der Waals surface area (Å²) in [6.07, 6.45) is 0. The maximum Gasteiger partial charge on any atom is 0.255 e. The van der Waals surface area contributed by atoms with Gasteiger partial charge in [-0.2, -0.15) is 0 Å². The Bertz CT molecular complexity index is 584. The Kier molecular flexibility index (Phi) is 3.62. The molecular formula is C13H9F2NOS. The molecule has 2 aromatic carbocycles. The average Bonchev–Trinajstić information content (AvgIpc) is 2.36. The Hall–Kier alpha value is -1.88. The number of hydrogen-bond acceptors (Lipinski definition) is 2. The average molecular weight is 265 g/mol. The van der Waals surface area contributed by atoms with Gasteiger partial charge < -0.3 is 5.32 Å². The first kappa shape index (κ1) is 12.6. The zero-order chi connectivity index (χ0) is 13.1. The number of hydrogen-bond donors (Lipinski definition) is 2. The molecule has 0 bridgehead atoms. The summed E-state index contributed by atoms with van der Waals surface area (Å²) < 4.78 is 26.3. The van der Waals surface area contributed by atoms with Crippen LogP contribution in [0.1, 0.15) is 10.4 Å². The van der Waals surface area contributed by atoms with E-state index in [1.807, 2.05) is 0 Å². The molecule has 1 N–H and O–H groups in total. The summed E-state index contributed by atoms with van der Waals surface area (Å²) in [6, 6.07) is 9.98. The molecule has 2 aromatic rings. The standard InChI is InChI=1S/C13H9F2NOS/c14-10-2-1-3-11(12(10)15)16-13(17)8-4-6-9(18)7-5-8/h1-7,18H,(H,16,17). The van der Waals surface area contributed by atoms with Gasteiger partial charge in [0.25, 0.3) is 5.91 Å². The van der Waals surface area contributed by atoms with E-state index in [-0.39, 0.29) is 5.69 Å². The van der Waals surface area contributed by atoms with Crippen molar-refractivity contribution in [3.8, 4) is 0 Å². The number of amides is 1. The monoisotopic (exact) mass is 265 g/mol. The molecule has 0 spiro atoms. The maximum atomic E-state index is 13.3. The molecule has 0 fully saturated rings. The highest BCUT2D eigenvalue weighted by Gasteiger charge is 2.11. The summed E-state index contributed by atoms with van der Waals surface area (Å²) in [6.45, 7) is 0. The lowest BCUT2D eigenvalue weighted by Gasteiger charge is -2.06. The number of anilines is 1. The molecule has 18 heavy (non-hydrogen) atoms. The van der Waals surface area contributed by atoms with Crippen LogP contribution in [-0.4, -0.2) is 5.91 Å². The first-order chi connectivity index (χ1) is 8.58. The minimum atomic E-state index is -1.07. The smallest absolute Gasteiger partial charge is 0.255 e. The van der Waals surface area contributed by atoms with E-state index in [4.69, 9.17) is 0 Å². The Morgan fingerprint density at radius 3 is 2.39 bits per heavy atom. The van der Waals surface area contributed by atoms with E-state index >= 15 is 0 Å². The first-order valence-electron chi connectivity index (χ1n) is 5.12. The van der Waals surface area contributed by atoms with Gasteiger partial charge in [0.2, 0.25) is 0 Å². The summed E-state index contributed by atoms with van der Waals surface area (Å²) in [4.78, 5) is 12.5. The molecule has 0 aromatic heterocycles. The minimum Gasteiger partial charge on any atom is -0.319 e. The molecule has 0 unspecified atom stereocenters. The molecule has 0 aliphatic heterocycles. The molecule has 0 atom stereocenters. The maximum absolute atomic E-state index is 13.3.